The van der Waals surface area contributed by atoms with Gasteiger partial charge in [0.25, 0.3) is 0 Å². The first-order valence-electron chi connectivity index (χ1n) is 8.84. The van der Waals surface area contributed by atoms with Crippen LogP contribution in [0.15, 0.2) is 0 Å². The number of hydrogen-bond donors (Lipinski definition) is 0. The van der Waals surface area contributed by atoms with Gasteiger partial charge in [-0.1, -0.05) is 71.1 Å². The predicted octanol–water partition coefficient (Wildman–Crippen LogP) is 3.76. The number of unbranched alkanes of at least 4 members (excludes halogenated alkanes) is 11. The average molecular weight is 302 g/mol. The van der Waals surface area contributed by atoms with E-state index in [1.807, 2.05) is 0 Å². The summed E-state index contributed by atoms with van der Waals surface area (Å²) in [6.45, 7) is 3.12. The highest BCUT2D eigenvalue weighted by atomic mass is 16.3. The third-order valence-electron chi connectivity index (χ3n) is 3.68. The van der Waals surface area contributed by atoms with E-state index in [2.05, 4.69) is 28.1 Å². The van der Waals surface area contributed by atoms with E-state index < -0.39 is 6.47 Å². The van der Waals surface area contributed by atoms with Crippen molar-refractivity contribution in [2.24, 2.45) is 0 Å². The summed E-state index contributed by atoms with van der Waals surface area (Å²) in [7, 11) is 6.87. The van der Waals surface area contributed by atoms with E-state index in [9.17, 15) is 0 Å². The Balaban J connectivity index is 0. The molecule has 0 aromatic carbocycles. The molecule has 3 heteroatoms. The summed E-state index contributed by atoms with van der Waals surface area (Å²) in [6, 6.07) is 0. The topological polar surface area (TPSA) is 40.1 Å². The molecule has 128 valence electrons. The Labute approximate surface area is 133 Å². The molecule has 0 bridgehead atoms. The third kappa shape index (κ3) is 28.3. The van der Waals surface area contributed by atoms with Crippen LogP contribution in [-0.4, -0.2) is 38.6 Å². The van der Waals surface area contributed by atoms with Gasteiger partial charge in [-0.15, -0.1) is 0 Å². The molecule has 0 aromatic heterocycles. The van der Waals surface area contributed by atoms with Crippen molar-refractivity contribution in [2.45, 2.75) is 84.0 Å². The second-order valence-electron chi connectivity index (χ2n) is 7.00. The van der Waals surface area contributed by atoms with Crippen LogP contribution < -0.4 is 5.11 Å². The van der Waals surface area contributed by atoms with Crippen LogP contribution in [0, 0.1) is 0 Å². The Morgan fingerprint density at radius 2 is 1.00 bits per heavy atom. The number of hydrogen-bond acceptors (Lipinski definition) is 2. The molecular weight excluding hydrogens is 262 g/mol. The zero-order valence-electron chi connectivity index (χ0n) is 15.0. The largest absolute Gasteiger partial charge is 0.554 e. The molecule has 0 saturated heterocycles. The number of nitrogens with zero attached hydrogens (tertiary/aromatic N) is 1. The summed E-state index contributed by atoms with van der Waals surface area (Å²) in [4.78, 5) is 8.25. The Morgan fingerprint density at radius 1 is 0.714 bits per heavy atom. The lowest BCUT2D eigenvalue weighted by Crippen LogP contribution is -2.35. The molecule has 0 aliphatic rings. The summed E-state index contributed by atoms with van der Waals surface area (Å²) in [5, 5.41) is 8.25. The SMILES string of the molecule is CCCCCCCCCCCCCC[N+](C)(C)C.O=C[O-]. The maximum Gasteiger partial charge on any atom is 0.0780 e. The highest BCUT2D eigenvalue weighted by Crippen LogP contribution is 2.12. The summed E-state index contributed by atoms with van der Waals surface area (Å²) in [5.41, 5.74) is 0. The molecule has 0 rings (SSSR count). The normalized spacial score (nSPS) is 10.9. The van der Waals surface area contributed by atoms with Crippen molar-refractivity contribution in [3.05, 3.63) is 0 Å². The summed E-state index contributed by atoms with van der Waals surface area (Å²) >= 11 is 0. The van der Waals surface area contributed by atoms with E-state index in [0.29, 0.717) is 0 Å². The molecule has 0 atom stereocenters. The first-order chi connectivity index (χ1) is 9.97. The van der Waals surface area contributed by atoms with Crippen LogP contribution in [0.1, 0.15) is 84.0 Å². The van der Waals surface area contributed by atoms with Crippen LogP contribution in [0.5, 0.6) is 0 Å². The zero-order valence-corrected chi connectivity index (χ0v) is 15.0. The molecular formula is C18H39NO2. The fourth-order valence-corrected chi connectivity index (χ4v) is 2.43. The second-order valence-corrected chi connectivity index (χ2v) is 7.00. The molecule has 0 unspecified atom stereocenters. The van der Waals surface area contributed by atoms with Gasteiger partial charge in [0.15, 0.2) is 0 Å². The number of rotatable bonds is 13. The molecule has 0 N–H and O–H groups in total. The van der Waals surface area contributed by atoms with Crippen molar-refractivity contribution in [3.63, 3.8) is 0 Å². The van der Waals surface area contributed by atoms with Gasteiger partial charge in [0.05, 0.1) is 27.7 Å². The smallest absolute Gasteiger partial charge is 0.0780 e. The van der Waals surface area contributed by atoms with Gasteiger partial charge in [0, 0.05) is 6.47 Å². The standard InChI is InChI=1S/C17H38N.CH2O2/c1-5-6-7-8-9-10-11-12-13-14-15-16-17-18(2,3)4;2-1-3/h5-17H2,1-4H3;1H,(H,2,3)/q+1;/p-1. The third-order valence-corrected chi connectivity index (χ3v) is 3.68. The molecule has 0 aromatic rings. The molecule has 0 fully saturated rings. The minimum atomic E-state index is -0.500. The monoisotopic (exact) mass is 301 g/mol. The Kier molecular flexibility index (Phi) is 18.9. The zero-order chi connectivity index (χ0) is 16.4. The Hall–Kier alpha value is -0.570. The lowest BCUT2D eigenvalue weighted by Gasteiger charge is -2.23. The van der Waals surface area contributed by atoms with Crippen LogP contribution >= 0.6 is 0 Å². The molecule has 0 heterocycles. The van der Waals surface area contributed by atoms with Crippen LogP contribution in [-0.2, 0) is 4.79 Å². The van der Waals surface area contributed by atoms with Gasteiger partial charge in [-0.05, 0) is 12.8 Å². The van der Waals surface area contributed by atoms with Crippen molar-refractivity contribution < 1.29 is 14.4 Å². The summed E-state index contributed by atoms with van der Waals surface area (Å²) < 4.78 is 1.12. The fraction of sp³-hybridized carbons (Fsp3) is 0.944. The van der Waals surface area contributed by atoms with Crippen LogP contribution in [0.25, 0.3) is 0 Å². The highest BCUT2D eigenvalue weighted by Gasteiger charge is 2.04. The minimum absolute atomic E-state index is 0.500. The maximum absolute atomic E-state index is 8.25. The lowest BCUT2D eigenvalue weighted by atomic mass is 10.1. The second kappa shape index (κ2) is 17.5. The quantitative estimate of drug-likeness (QED) is 0.295. The molecule has 0 saturated carbocycles. The van der Waals surface area contributed by atoms with Crippen molar-refractivity contribution >= 4 is 6.47 Å². The van der Waals surface area contributed by atoms with E-state index in [0.717, 1.165) is 4.48 Å². The van der Waals surface area contributed by atoms with Crippen molar-refractivity contribution in [3.8, 4) is 0 Å². The van der Waals surface area contributed by atoms with Crippen molar-refractivity contribution in [1.82, 2.24) is 0 Å². The van der Waals surface area contributed by atoms with E-state index >= 15 is 0 Å². The van der Waals surface area contributed by atoms with Gasteiger partial charge < -0.3 is 14.4 Å². The lowest BCUT2D eigenvalue weighted by molar-refractivity contribution is -0.870. The Morgan fingerprint density at radius 3 is 1.29 bits per heavy atom. The fourth-order valence-electron chi connectivity index (χ4n) is 2.43. The van der Waals surface area contributed by atoms with Gasteiger partial charge >= 0.3 is 0 Å². The van der Waals surface area contributed by atoms with Gasteiger partial charge in [0.1, 0.15) is 0 Å². The van der Waals surface area contributed by atoms with Crippen LogP contribution in [0.3, 0.4) is 0 Å². The van der Waals surface area contributed by atoms with E-state index in [1.165, 1.54) is 83.6 Å². The Bertz CT molecular complexity index is 200. The molecule has 3 nitrogen and oxygen atoms in total. The molecule has 0 aliphatic carbocycles. The van der Waals surface area contributed by atoms with Crippen molar-refractivity contribution in [1.29, 1.82) is 0 Å². The molecule has 0 aliphatic heterocycles. The maximum atomic E-state index is 8.25. The number of carbonyl (C=O) groups excluding carboxylic acids is 1. The number of carboxylic acid groups (broad SMARTS) is 1. The highest BCUT2D eigenvalue weighted by molar-refractivity contribution is 5.29. The van der Waals surface area contributed by atoms with Crippen LogP contribution in [0.2, 0.25) is 0 Å². The van der Waals surface area contributed by atoms with Crippen LogP contribution in [0.4, 0.5) is 0 Å². The van der Waals surface area contributed by atoms with Gasteiger partial charge in [-0.3, -0.25) is 0 Å². The first-order valence-corrected chi connectivity index (χ1v) is 8.84. The summed E-state index contributed by atoms with van der Waals surface area (Å²) in [6.07, 6.45) is 17.4. The minimum Gasteiger partial charge on any atom is -0.554 e. The molecule has 0 amide bonds. The van der Waals surface area contributed by atoms with Gasteiger partial charge in [0.2, 0.25) is 0 Å². The van der Waals surface area contributed by atoms with E-state index in [4.69, 9.17) is 9.90 Å². The summed E-state index contributed by atoms with van der Waals surface area (Å²) in [5.74, 6) is 0. The van der Waals surface area contributed by atoms with Gasteiger partial charge in [-0.25, -0.2) is 0 Å². The average Bonchev–Trinajstić information content (AvgIpc) is 2.40. The predicted molar refractivity (Wildman–Crippen MR) is 90.0 cm³/mol. The number of carbonyl (C=O) groups is 1. The van der Waals surface area contributed by atoms with E-state index in [-0.39, 0.29) is 0 Å². The van der Waals surface area contributed by atoms with Gasteiger partial charge in [-0.2, -0.15) is 0 Å². The number of quaternary nitrogens is 1. The van der Waals surface area contributed by atoms with Crippen molar-refractivity contribution in [2.75, 3.05) is 27.7 Å². The molecule has 21 heavy (non-hydrogen) atoms. The molecule has 0 spiro atoms. The first kappa shape index (κ1) is 22.7. The van der Waals surface area contributed by atoms with E-state index in [1.54, 1.807) is 0 Å². The molecule has 0 radical (unpaired) electrons.